The molecule has 0 aromatic carbocycles. The van der Waals surface area contributed by atoms with Crippen LogP contribution < -0.4 is 0 Å². The van der Waals surface area contributed by atoms with Crippen molar-refractivity contribution < 1.29 is 5.11 Å². The minimum Gasteiger partial charge on any atom is -0.388 e. The molecule has 0 bridgehead atoms. The summed E-state index contributed by atoms with van der Waals surface area (Å²) in [5.41, 5.74) is 0. The largest absolute Gasteiger partial charge is 0.388 e. The number of hydrogen-bond donors (Lipinski definition) is 1. The van der Waals surface area contributed by atoms with Crippen molar-refractivity contribution in [3.8, 4) is 0 Å². The highest BCUT2D eigenvalue weighted by Gasteiger charge is 2.19. The molecule has 0 heterocycles. The summed E-state index contributed by atoms with van der Waals surface area (Å²) < 4.78 is 0. The van der Waals surface area contributed by atoms with Crippen molar-refractivity contribution >= 4 is 17.1 Å². The van der Waals surface area contributed by atoms with Crippen molar-refractivity contribution in [2.75, 3.05) is 0 Å². The zero-order valence-electron chi connectivity index (χ0n) is 3.35. The highest BCUT2D eigenvalue weighted by atomic mass is 32.1. The Hall–Kier alpha value is 0.0500. The third kappa shape index (κ3) is 0.460. The van der Waals surface area contributed by atoms with Crippen LogP contribution in [0.4, 0.5) is 0 Å². The van der Waals surface area contributed by atoms with Crippen LogP contribution in [0.5, 0.6) is 0 Å². The molecule has 0 amide bonds. The third-order valence-corrected chi connectivity index (χ3v) is 1.51. The SMILES string of the molecule is OC1CCC1=S. The van der Waals surface area contributed by atoms with Crippen molar-refractivity contribution in [1.82, 2.24) is 0 Å². The summed E-state index contributed by atoms with van der Waals surface area (Å²) >= 11 is 4.66. The van der Waals surface area contributed by atoms with Gasteiger partial charge >= 0.3 is 0 Å². The minimum atomic E-state index is -0.236. The van der Waals surface area contributed by atoms with E-state index in [2.05, 4.69) is 12.2 Å². The molecule has 1 nitrogen and oxygen atoms in total. The van der Waals surface area contributed by atoms with E-state index in [1.54, 1.807) is 0 Å². The quantitative estimate of drug-likeness (QED) is 0.450. The Kier molecular flexibility index (Phi) is 0.898. The van der Waals surface area contributed by atoms with Crippen LogP contribution in [0.15, 0.2) is 0 Å². The van der Waals surface area contributed by atoms with Gasteiger partial charge in [0.05, 0.1) is 6.10 Å². The lowest BCUT2D eigenvalue weighted by Crippen LogP contribution is -2.28. The summed E-state index contributed by atoms with van der Waals surface area (Å²) in [6, 6.07) is 0. The first-order chi connectivity index (χ1) is 2.80. The van der Waals surface area contributed by atoms with Gasteiger partial charge in [-0.25, -0.2) is 0 Å². The Morgan fingerprint density at radius 1 is 1.83 bits per heavy atom. The van der Waals surface area contributed by atoms with E-state index < -0.39 is 0 Å². The van der Waals surface area contributed by atoms with Gasteiger partial charge in [0, 0.05) is 4.86 Å². The van der Waals surface area contributed by atoms with Gasteiger partial charge in [-0.2, -0.15) is 0 Å². The Morgan fingerprint density at radius 3 is 2.33 bits per heavy atom. The van der Waals surface area contributed by atoms with Crippen molar-refractivity contribution in [3.63, 3.8) is 0 Å². The highest BCUT2D eigenvalue weighted by molar-refractivity contribution is 7.80. The van der Waals surface area contributed by atoms with Crippen LogP contribution in [0.25, 0.3) is 0 Å². The maximum atomic E-state index is 8.58. The number of hydrogen-bond acceptors (Lipinski definition) is 2. The fraction of sp³-hybridized carbons (Fsp3) is 0.750. The Balaban J connectivity index is 2.39. The van der Waals surface area contributed by atoms with Crippen molar-refractivity contribution in [2.45, 2.75) is 18.9 Å². The molecule has 0 aliphatic heterocycles. The fourth-order valence-corrected chi connectivity index (χ4v) is 0.627. The lowest BCUT2D eigenvalue weighted by molar-refractivity contribution is 0.208. The Morgan fingerprint density at radius 2 is 2.33 bits per heavy atom. The molecule has 1 atom stereocenters. The monoisotopic (exact) mass is 102 g/mol. The number of aliphatic hydroxyl groups excluding tert-OH is 1. The topological polar surface area (TPSA) is 20.2 Å². The lowest BCUT2D eigenvalue weighted by Gasteiger charge is -2.19. The molecular weight excluding hydrogens is 96.1 g/mol. The molecule has 1 aliphatic rings. The second-order valence-corrected chi connectivity index (χ2v) is 2.05. The maximum Gasteiger partial charge on any atom is 0.0855 e. The molecule has 0 aromatic rings. The van der Waals surface area contributed by atoms with Gasteiger partial charge in [-0.3, -0.25) is 0 Å². The van der Waals surface area contributed by atoms with Gasteiger partial charge in [-0.15, -0.1) is 0 Å². The predicted molar refractivity (Wildman–Crippen MR) is 27.8 cm³/mol. The Bertz CT molecular complexity index is 79.6. The van der Waals surface area contributed by atoms with Crippen molar-refractivity contribution in [2.24, 2.45) is 0 Å². The normalized spacial score (nSPS) is 32.8. The Labute approximate surface area is 42.0 Å². The molecule has 0 saturated heterocycles. The molecule has 34 valence electrons. The van der Waals surface area contributed by atoms with E-state index in [-0.39, 0.29) is 6.10 Å². The predicted octanol–water partition coefficient (Wildman–Crippen LogP) is 0.511. The molecule has 0 aromatic heterocycles. The van der Waals surface area contributed by atoms with Gasteiger partial charge < -0.3 is 5.11 Å². The zero-order valence-corrected chi connectivity index (χ0v) is 4.16. The summed E-state index contributed by atoms with van der Waals surface area (Å²) in [7, 11) is 0. The first-order valence-electron chi connectivity index (χ1n) is 2.01. The second-order valence-electron chi connectivity index (χ2n) is 1.52. The van der Waals surface area contributed by atoms with E-state index in [0.29, 0.717) is 0 Å². The van der Waals surface area contributed by atoms with Crippen LogP contribution in [0.2, 0.25) is 0 Å². The summed E-state index contributed by atoms with van der Waals surface area (Å²) in [6.45, 7) is 0. The molecule has 0 radical (unpaired) electrons. The van der Waals surface area contributed by atoms with E-state index in [1.165, 1.54) is 0 Å². The van der Waals surface area contributed by atoms with E-state index in [4.69, 9.17) is 5.11 Å². The summed E-state index contributed by atoms with van der Waals surface area (Å²) in [4.78, 5) is 0.829. The van der Waals surface area contributed by atoms with Crippen molar-refractivity contribution in [1.29, 1.82) is 0 Å². The third-order valence-electron chi connectivity index (χ3n) is 1.04. The van der Waals surface area contributed by atoms with Gasteiger partial charge in [0.15, 0.2) is 0 Å². The van der Waals surface area contributed by atoms with Crippen LogP contribution in [-0.4, -0.2) is 16.1 Å². The molecule has 6 heavy (non-hydrogen) atoms. The molecule has 1 N–H and O–H groups in total. The lowest BCUT2D eigenvalue weighted by atomic mass is 9.96. The van der Waals surface area contributed by atoms with E-state index in [9.17, 15) is 0 Å². The molecule has 1 aliphatic carbocycles. The van der Waals surface area contributed by atoms with E-state index in [0.717, 1.165) is 17.7 Å². The average Bonchev–Trinajstić information content (AvgIpc) is 1.61. The van der Waals surface area contributed by atoms with Crippen LogP contribution in [0.1, 0.15) is 12.8 Å². The van der Waals surface area contributed by atoms with Gasteiger partial charge in [-0.05, 0) is 12.8 Å². The molecular formula is C4H6OS. The van der Waals surface area contributed by atoms with Gasteiger partial charge in [0.2, 0.25) is 0 Å². The van der Waals surface area contributed by atoms with Crippen molar-refractivity contribution in [3.05, 3.63) is 0 Å². The number of aliphatic hydroxyl groups is 1. The highest BCUT2D eigenvalue weighted by Crippen LogP contribution is 2.14. The van der Waals surface area contributed by atoms with Gasteiger partial charge in [0.1, 0.15) is 0 Å². The summed E-state index contributed by atoms with van der Waals surface area (Å²) in [5.74, 6) is 0. The fourth-order valence-electron chi connectivity index (χ4n) is 0.391. The van der Waals surface area contributed by atoms with Crippen LogP contribution >= 0.6 is 12.2 Å². The molecule has 1 unspecified atom stereocenters. The molecule has 0 spiro atoms. The first kappa shape index (κ1) is 4.22. The molecule has 1 rings (SSSR count). The molecule has 2 heteroatoms. The van der Waals surface area contributed by atoms with E-state index >= 15 is 0 Å². The standard InChI is InChI=1S/C4H6OS/c5-3-1-2-4(3)6/h3,5H,1-2H2. The zero-order chi connectivity index (χ0) is 4.57. The minimum absolute atomic E-state index is 0.236. The van der Waals surface area contributed by atoms with Gasteiger partial charge in [0.25, 0.3) is 0 Å². The van der Waals surface area contributed by atoms with Crippen LogP contribution in [0, 0.1) is 0 Å². The van der Waals surface area contributed by atoms with Gasteiger partial charge in [-0.1, -0.05) is 12.2 Å². The first-order valence-corrected chi connectivity index (χ1v) is 2.42. The summed E-state index contributed by atoms with van der Waals surface area (Å²) in [6.07, 6.45) is 1.61. The average molecular weight is 102 g/mol. The second kappa shape index (κ2) is 1.28. The van der Waals surface area contributed by atoms with E-state index in [1.807, 2.05) is 0 Å². The molecule has 1 saturated carbocycles. The summed E-state index contributed by atoms with van der Waals surface area (Å²) in [5, 5.41) is 8.58. The molecule has 1 fully saturated rings. The maximum absolute atomic E-state index is 8.58. The number of thiocarbonyl (C=S) groups is 1. The number of rotatable bonds is 0. The van der Waals surface area contributed by atoms with Crippen LogP contribution in [-0.2, 0) is 0 Å². The smallest absolute Gasteiger partial charge is 0.0855 e. The van der Waals surface area contributed by atoms with Crippen LogP contribution in [0.3, 0.4) is 0 Å².